The first-order valence-corrected chi connectivity index (χ1v) is 4.11. The second-order valence-electron chi connectivity index (χ2n) is 2.41. The van der Waals surface area contributed by atoms with Crippen molar-refractivity contribution in [3.63, 3.8) is 0 Å². The Balaban J connectivity index is 2.33. The molecule has 2 heteroatoms. The van der Waals surface area contributed by atoms with E-state index in [1.807, 2.05) is 0 Å². The van der Waals surface area contributed by atoms with Gasteiger partial charge in [-0.3, -0.25) is 0 Å². The normalized spacial score (nSPS) is 39.8. The highest BCUT2D eigenvalue weighted by Crippen LogP contribution is 2.30. The maximum Gasteiger partial charge on any atom is 0.116 e. The lowest BCUT2D eigenvalue weighted by molar-refractivity contribution is 0.0154. The van der Waals surface area contributed by atoms with E-state index in [2.05, 4.69) is 29.5 Å². The van der Waals surface area contributed by atoms with Gasteiger partial charge in [0.05, 0.1) is 0 Å². The number of halogens is 1. The molecule has 1 atom stereocenters. The average Bonchev–Trinajstić information content (AvgIpc) is 1.65. The van der Waals surface area contributed by atoms with Crippen LogP contribution in [0, 0.1) is 0 Å². The van der Waals surface area contributed by atoms with Gasteiger partial charge in [0, 0.05) is 6.61 Å². The van der Waals surface area contributed by atoms with E-state index >= 15 is 0 Å². The lowest BCUT2D eigenvalue weighted by atomic mass is 10.1. The Labute approximate surface area is 63.9 Å². The molecule has 0 saturated carbocycles. The molecule has 0 bridgehead atoms. The van der Waals surface area contributed by atoms with Gasteiger partial charge in [-0.1, -0.05) is 0 Å². The summed E-state index contributed by atoms with van der Waals surface area (Å²) in [4.78, 5) is 0. The number of rotatable bonds is 0. The molecule has 0 aromatic carbocycles. The zero-order chi connectivity index (χ0) is 6.04. The van der Waals surface area contributed by atoms with Gasteiger partial charge in [0.15, 0.2) is 0 Å². The first kappa shape index (κ1) is 6.81. The molecule has 0 amide bonds. The maximum atomic E-state index is 5.45. The van der Waals surface area contributed by atoms with Gasteiger partial charge in [0.1, 0.15) is 3.61 Å². The van der Waals surface area contributed by atoms with Gasteiger partial charge in [-0.15, -0.1) is 0 Å². The average molecular weight is 226 g/mol. The lowest BCUT2D eigenvalue weighted by Crippen LogP contribution is -2.24. The van der Waals surface area contributed by atoms with Crippen LogP contribution in [0.15, 0.2) is 0 Å². The lowest BCUT2D eigenvalue weighted by Gasteiger charge is -2.27. The minimum Gasteiger partial charge on any atom is -0.365 e. The quantitative estimate of drug-likeness (QED) is 0.455. The summed E-state index contributed by atoms with van der Waals surface area (Å²) in [6.45, 7) is 3.10. The van der Waals surface area contributed by atoms with E-state index in [0.717, 1.165) is 6.61 Å². The summed E-state index contributed by atoms with van der Waals surface area (Å²) >= 11 is 2.37. The van der Waals surface area contributed by atoms with Crippen LogP contribution in [0.25, 0.3) is 0 Å². The maximum absolute atomic E-state index is 5.45. The summed E-state index contributed by atoms with van der Waals surface area (Å²) in [5, 5.41) is 0. The van der Waals surface area contributed by atoms with Gasteiger partial charge >= 0.3 is 0 Å². The van der Waals surface area contributed by atoms with Crippen molar-refractivity contribution < 1.29 is 4.74 Å². The van der Waals surface area contributed by atoms with Gasteiger partial charge < -0.3 is 4.74 Å². The fourth-order valence-electron chi connectivity index (χ4n) is 0.900. The summed E-state index contributed by atoms with van der Waals surface area (Å²) in [5.74, 6) is 0. The van der Waals surface area contributed by atoms with Crippen molar-refractivity contribution in [2.45, 2.75) is 29.8 Å². The van der Waals surface area contributed by atoms with E-state index < -0.39 is 0 Å². The van der Waals surface area contributed by atoms with Crippen LogP contribution in [-0.4, -0.2) is 10.2 Å². The van der Waals surface area contributed by atoms with Gasteiger partial charge in [-0.25, -0.2) is 0 Å². The molecule has 0 N–H and O–H groups in total. The molecule has 1 aliphatic rings. The number of ether oxygens (including phenoxy) is 1. The van der Waals surface area contributed by atoms with Crippen LogP contribution >= 0.6 is 22.6 Å². The van der Waals surface area contributed by atoms with Crippen LogP contribution in [0.4, 0.5) is 0 Å². The van der Waals surface area contributed by atoms with Gasteiger partial charge in [-0.05, 0) is 48.8 Å². The fraction of sp³-hybridized carbons (Fsp3) is 1.00. The zero-order valence-electron chi connectivity index (χ0n) is 5.11. The van der Waals surface area contributed by atoms with Crippen molar-refractivity contribution in [1.29, 1.82) is 0 Å². The third-order valence-corrected chi connectivity index (χ3v) is 2.27. The Hall–Kier alpha value is 0.690. The molecular formula is C6H11IO. The van der Waals surface area contributed by atoms with Crippen LogP contribution in [0.1, 0.15) is 26.2 Å². The minimum atomic E-state index is 0.149. The SMILES string of the molecule is C[C@@]1(I)CCCCO1. The summed E-state index contributed by atoms with van der Waals surface area (Å²) in [6, 6.07) is 0. The van der Waals surface area contributed by atoms with E-state index in [-0.39, 0.29) is 3.61 Å². The fourth-order valence-corrected chi connectivity index (χ4v) is 1.50. The molecular weight excluding hydrogens is 215 g/mol. The monoisotopic (exact) mass is 226 g/mol. The molecule has 1 heterocycles. The molecule has 1 saturated heterocycles. The molecule has 1 rings (SSSR count). The Bertz CT molecular complexity index is 72.6. The van der Waals surface area contributed by atoms with E-state index in [1.54, 1.807) is 0 Å². The van der Waals surface area contributed by atoms with Crippen molar-refractivity contribution in [3.05, 3.63) is 0 Å². The zero-order valence-corrected chi connectivity index (χ0v) is 7.27. The van der Waals surface area contributed by atoms with Crippen molar-refractivity contribution in [1.82, 2.24) is 0 Å². The molecule has 0 spiro atoms. The molecule has 8 heavy (non-hydrogen) atoms. The van der Waals surface area contributed by atoms with Crippen molar-refractivity contribution in [2.24, 2.45) is 0 Å². The molecule has 1 aliphatic heterocycles. The molecule has 0 aromatic rings. The third kappa shape index (κ3) is 1.90. The number of hydrogen-bond donors (Lipinski definition) is 0. The summed E-state index contributed by atoms with van der Waals surface area (Å²) in [7, 11) is 0. The van der Waals surface area contributed by atoms with Crippen molar-refractivity contribution in [3.8, 4) is 0 Å². The minimum absolute atomic E-state index is 0.149. The third-order valence-electron chi connectivity index (χ3n) is 1.42. The Morgan fingerprint density at radius 3 is 2.50 bits per heavy atom. The molecule has 0 aromatic heterocycles. The molecule has 0 radical (unpaired) electrons. The van der Waals surface area contributed by atoms with E-state index in [0.29, 0.717) is 0 Å². The summed E-state index contributed by atoms with van der Waals surface area (Å²) in [5.41, 5.74) is 0. The smallest absolute Gasteiger partial charge is 0.116 e. The summed E-state index contributed by atoms with van der Waals surface area (Å²) in [6.07, 6.45) is 3.80. The van der Waals surface area contributed by atoms with Crippen LogP contribution in [-0.2, 0) is 4.74 Å². The molecule has 1 nitrogen and oxygen atoms in total. The topological polar surface area (TPSA) is 9.23 Å². The second-order valence-corrected chi connectivity index (χ2v) is 4.69. The summed E-state index contributed by atoms with van der Waals surface area (Å²) < 4.78 is 5.60. The Morgan fingerprint density at radius 2 is 2.25 bits per heavy atom. The Morgan fingerprint density at radius 1 is 1.50 bits per heavy atom. The Kier molecular flexibility index (Phi) is 2.14. The molecule has 1 fully saturated rings. The van der Waals surface area contributed by atoms with E-state index in [9.17, 15) is 0 Å². The highest BCUT2D eigenvalue weighted by Gasteiger charge is 2.22. The standard InChI is InChI=1S/C6H11IO/c1-6(7)4-2-3-5-8-6/h2-5H2,1H3/t6-/m0/s1. The first-order chi connectivity index (χ1) is 3.71. The molecule has 0 aliphatic carbocycles. The van der Waals surface area contributed by atoms with Crippen LogP contribution in [0.5, 0.6) is 0 Å². The largest absolute Gasteiger partial charge is 0.365 e. The van der Waals surface area contributed by atoms with Crippen molar-refractivity contribution >= 4 is 22.6 Å². The predicted molar refractivity (Wildman–Crippen MR) is 42.2 cm³/mol. The number of alkyl halides is 1. The predicted octanol–water partition coefficient (Wildman–Crippen LogP) is 2.34. The van der Waals surface area contributed by atoms with Gasteiger partial charge in [0.2, 0.25) is 0 Å². The van der Waals surface area contributed by atoms with Gasteiger partial charge in [0.25, 0.3) is 0 Å². The van der Waals surface area contributed by atoms with Crippen LogP contribution in [0.3, 0.4) is 0 Å². The van der Waals surface area contributed by atoms with Crippen LogP contribution < -0.4 is 0 Å². The van der Waals surface area contributed by atoms with E-state index in [4.69, 9.17) is 4.74 Å². The molecule has 0 unspecified atom stereocenters. The second kappa shape index (κ2) is 2.52. The van der Waals surface area contributed by atoms with Crippen molar-refractivity contribution in [2.75, 3.05) is 6.61 Å². The van der Waals surface area contributed by atoms with E-state index in [1.165, 1.54) is 19.3 Å². The highest BCUT2D eigenvalue weighted by atomic mass is 127. The highest BCUT2D eigenvalue weighted by molar-refractivity contribution is 14.1. The number of hydrogen-bond acceptors (Lipinski definition) is 1. The van der Waals surface area contributed by atoms with Crippen LogP contribution in [0.2, 0.25) is 0 Å². The first-order valence-electron chi connectivity index (χ1n) is 3.04. The molecule has 48 valence electrons. The van der Waals surface area contributed by atoms with Gasteiger partial charge in [-0.2, -0.15) is 0 Å².